The first-order valence-corrected chi connectivity index (χ1v) is 8.89. The van der Waals surface area contributed by atoms with E-state index >= 15 is 0 Å². The molecular weight excluding hydrogens is 344 g/mol. The molecule has 0 unspecified atom stereocenters. The Morgan fingerprint density at radius 1 is 1.33 bits per heavy atom. The van der Waals surface area contributed by atoms with Gasteiger partial charge in [0.1, 0.15) is 23.4 Å². The largest absolute Gasteiger partial charge is 0.480 e. The van der Waals surface area contributed by atoms with Gasteiger partial charge in [0.25, 0.3) is 10.1 Å². The number of amides is 2. The fourth-order valence-corrected chi connectivity index (χ4v) is 2.97. The molecule has 0 aromatic heterocycles. The van der Waals surface area contributed by atoms with Crippen molar-refractivity contribution in [2.24, 2.45) is 0 Å². The van der Waals surface area contributed by atoms with Crippen LogP contribution in [0.15, 0.2) is 0 Å². The lowest BCUT2D eigenvalue weighted by Crippen LogP contribution is -2.54. The average molecular weight is 366 g/mol. The monoisotopic (exact) mass is 366 g/mol. The molecule has 0 spiro atoms. The van der Waals surface area contributed by atoms with Gasteiger partial charge in [-0.05, 0) is 33.6 Å². The normalized spacial score (nSPS) is 19.7. The Kier molecular flexibility index (Phi) is 6.17. The molecule has 11 heteroatoms. The summed E-state index contributed by atoms with van der Waals surface area (Å²) in [5, 5.41) is 11.2. The van der Waals surface area contributed by atoms with Gasteiger partial charge in [0, 0.05) is 6.54 Å². The Labute approximate surface area is 139 Å². The summed E-state index contributed by atoms with van der Waals surface area (Å²) in [6.07, 6.45) is -0.379. The van der Waals surface area contributed by atoms with E-state index in [1.54, 1.807) is 20.8 Å². The van der Waals surface area contributed by atoms with Crippen LogP contribution in [0.3, 0.4) is 0 Å². The van der Waals surface area contributed by atoms with E-state index < -0.39 is 51.5 Å². The van der Waals surface area contributed by atoms with Crippen LogP contribution in [0.25, 0.3) is 0 Å². The molecule has 0 radical (unpaired) electrons. The fourth-order valence-electron chi connectivity index (χ4n) is 2.32. The van der Waals surface area contributed by atoms with E-state index in [9.17, 15) is 22.8 Å². The number of nitrogens with zero attached hydrogens (tertiary/aromatic N) is 1. The van der Waals surface area contributed by atoms with Crippen molar-refractivity contribution in [2.75, 3.05) is 12.3 Å². The predicted molar refractivity (Wildman–Crippen MR) is 81.9 cm³/mol. The van der Waals surface area contributed by atoms with Crippen LogP contribution in [0, 0.1) is 0 Å². The molecule has 0 bridgehead atoms. The van der Waals surface area contributed by atoms with Gasteiger partial charge in [-0.25, -0.2) is 9.59 Å². The molecule has 1 aliphatic rings. The molecule has 0 aromatic carbocycles. The molecule has 138 valence electrons. The first-order valence-electron chi connectivity index (χ1n) is 7.28. The van der Waals surface area contributed by atoms with Gasteiger partial charge in [0.15, 0.2) is 0 Å². The van der Waals surface area contributed by atoms with Gasteiger partial charge in [0.2, 0.25) is 5.91 Å². The summed E-state index contributed by atoms with van der Waals surface area (Å²) in [7, 11) is -4.59. The summed E-state index contributed by atoms with van der Waals surface area (Å²) in [6.45, 7) is 4.85. The Morgan fingerprint density at radius 3 is 2.38 bits per heavy atom. The number of likely N-dealkylation sites (tertiary alicyclic amines) is 1. The molecular formula is C13H22N2O8S. The minimum atomic E-state index is -4.59. The van der Waals surface area contributed by atoms with E-state index in [0.717, 1.165) is 4.90 Å². The van der Waals surface area contributed by atoms with E-state index in [-0.39, 0.29) is 13.0 Å². The molecule has 1 aliphatic heterocycles. The van der Waals surface area contributed by atoms with Gasteiger partial charge < -0.3 is 20.1 Å². The smallest absolute Gasteiger partial charge is 0.408 e. The number of alkyl carbamates (subject to hydrolysis) is 1. The summed E-state index contributed by atoms with van der Waals surface area (Å²) >= 11 is 0. The third-order valence-corrected chi connectivity index (χ3v) is 3.94. The number of carbonyl (C=O) groups is 3. The van der Waals surface area contributed by atoms with Crippen LogP contribution in [-0.2, 0) is 24.4 Å². The van der Waals surface area contributed by atoms with Crippen molar-refractivity contribution in [3.05, 3.63) is 0 Å². The summed E-state index contributed by atoms with van der Waals surface area (Å²) in [6, 6.07) is -2.74. The zero-order valence-electron chi connectivity index (χ0n) is 13.7. The second-order valence-electron chi connectivity index (χ2n) is 6.48. The van der Waals surface area contributed by atoms with E-state index in [4.69, 9.17) is 14.4 Å². The van der Waals surface area contributed by atoms with Crippen LogP contribution in [0.2, 0.25) is 0 Å². The van der Waals surface area contributed by atoms with Crippen molar-refractivity contribution in [2.45, 2.75) is 51.3 Å². The van der Waals surface area contributed by atoms with Crippen molar-refractivity contribution in [3.63, 3.8) is 0 Å². The van der Waals surface area contributed by atoms with E-state index in [1.807, 2.05) is 0 Å². The van der Waals surface area contributed by atoms with E-state index in [2.05, 4.69) is 5.32 Å². The topological polar surface area (TPSA) is 150 Å². The quantitative estimate of drug-likeness (QED) is 0.568. The molecule has 2 amide bonds. The number of carboxylic acid groups (broad SMARTS) is 1. The van der Waals surface area contributed by atoms with Crippen LogP contribution in [0.4, 0.5) is 4.79 Å². The lowest BCUT2D eigenvalue weighted by molar-refractivity contribution is -0.148. The van der Waals surface area contributed by atoms with Crippen molar-refractivity contribution in [1.82, 2.24) is 10.2 Å². The average Bonchev–Trinajstić information content (AvgIpc) is 2.82. The molecule has 2 atom stereocenters. The van der Waals surface area contributed by atoms with E-state index in [0.29, 0.717) is 6.42 Å². The Bertz CT molecular complexity index is 610. The van der Waals surface area contributed by atoms with Gasteiger partial charge in [0.05, 0.1) is 0 Å². The number of hydrogen-bond donors (Lipinski definition) is 3. The molecule has 0 aliphatic carbocycles. The Morgan fingerprint density at radius 2 is 1.92 bits per heavy atom. The maximum Gasteiger partial charge on any atom is 0.408 e. The Balaban J connectivity index is 2.94. The molecule has 10 nitrogen and oxygen atoms in total. The first-order chi connectivity index (χ1) is 10.8. The molecule has 1 fully saturated rings. The Hall–Kier alpha value is -1.88. The van der Waals surface area contributed by atoms with Crippen molar-refractivity contribution < 1.29 is 37.2 Å². The molecule has 1 rings (SSSR count). The van der Waals surface area contributed by atoms with Gasteiger partial charge in [-0.2, -0.15) is 8.42 Å². The van der Waals surface area contributed by atoms with Crippen LogP contribution < -0.4 is 5.32 Å². The number of hydrogen-bond acceptors (Lipinski definition) is 6. The lowest BCUT2D eigenvalue weighted by Gasteiger charge is -2.27. The molecule has 3 N–H and O–H groups in total. The van der Waals surface area contributed by atoms with E-state index in [1.165, 1.54) is 0 Å². The maximum absolute atomic E-state index is 12.5. The summed E-state index contributed by atoms with van der Waals surface area (Å²) in [5.74, 6) is -3.19. The van der Waals surface area contributed by atoms with Gasteiger partial charge in [-0.3, -0.25) is 9.35 Å². The van der Waals surface area contributed by atoms with Gasteiger partial charge >= 0.3 is 12.1 Å². The second-order valence-corrected chi connectivity index (χ2v) is 7.97. The number of nitrogens with one attached hydrogen (secondary N) is 1. The van der Waals surface area contributed by atoms with Crippen molar-refractivity contribution >= 4 is 28.1 Å². The highest BCUT2D eigenvalue weighted by Crippen LogP contribution is 2.19. The maximum atomic E-state index is 12.5. The molecule has 1 saturated heterocycles. The number of rotatable bonds is 5. The highest BCUT2D eigenvalue weighted by Gasteiger charge is 2.39. The zero-order valence-corrected chi connectivity index (χ0v) is 14.5. The van der Waals surface area contributed by atoms with Crippen molar-refractivity contribution in [1.29, 1.82) is 0 Å². The van der Waals surface area contributed by atoms with Gasteiger partial charge in [-0.15, -0.1) is 0 Å². The van der Waals surface area contributed by atoms with Crippen LogP contribution in [0.1, 0.15) is 33.6 Å². The van der Waals surface area contributed by atoms with Crippen LogP contribution in [-0.4, -0.2) is 70.9 Å². The second kappa shape index (κ2) is 7.34. The summed E-state index contributed by atoms with van der Waals surface area (Å²) in [4.78, 5) is 36.4. The SMILES string of the molecule is CC(C)(C)OC(=O)N[C@@H](CS(=O)(=O)O)C(=O)N1CCC[C@H]1C(=O)O. The number of aliphatic carboxylic acids is 1. The molecule has 24 heavy (non-hydrogen) atoms. The fraction of sp³-hybridized carbons (Fsp3) is 0.769. The number of carbonyl (C=O) groups excluding carboxylic acids is 2. The summed E-state index contributed by atoms with van der Waals surface area (Å²) < 4.78 is 36.2. The standard InChI is InChI=1S/C13H22N2O8S/c1-13(2,3)23-12(19)14-8(7-24(20,21)22)10(16)15-6-4-5-9(15)11(17)18/h8-9H,4-7H2,1-3H3,(H,14,19)(H,17,18)(H,20,21,22)/t8-,9-/m0/s1. The minimum Gasteiger partial charge on any atom is -0.480 e. The predicted octanol–water partition coefficient (Wildman–Crippen LogP) is -0.157. The lowest BCUT2D eigenvalue weighted by atomic mass is 10.2. The highest BCUT2D eigenvalue weighted by molar-refractivity contribution is 7.85. The minimum absolute atomic E-state index is 0.119. The number of ether oxygens (including phenoxy) is 1. The van der Waals surface area contributed by atoms with Crippen LogP contribution in [0.5, 0.6) is 0 Å². The van der Waals surface area contributed by atoms with Crippen LogP contribution >= 0.6 is 0 Å². The molecule has 0 aromatic rings. The molecule has 1 heterocycles. The zero-order chi connectivity index (χ0) is 18.7. The summed E-state index contributed by atoms with van der Waals surface area (Å²) in [5.41, 5.74) is -0.882. The third kappa shape index (κ3) is 6.32. The van der Waals surface area contributed by atoms with Gasteiger partial charge in [-0.1, -0.05) is 0 Å². The number of carboxylic acids is 1. The highest BCUT2D eigenvalue weighted by atomic mass is 32.2. The third-order valence-electron chi connectivity index (χ3n) is 3.19. The first kappa shape index (κ1) is 20.2. The molecule has 0 saturated carbocycles. The van der Waals surface area contributed by atoms with Crippen molar-refractivity contribution in [3.8, 4) is 0 Å².